The summed E-state index contributed by atoms with van der Waals surface area (Å²) in [6.45, 7) is 4.01. The second-order valence-corrected chi connectivity index (χ2v) is 5.99. The van der Waals surface area contributed by atoms with Crippen LogP contribution >= 0.6 is 0 Å². The van der Waals surface area contributed by atoms with Crippen LogP contribution in [0.3, 0.4) is 0 Å². The van der Waals surface area contributed by atoms with Gasteiger partial charge in [0, 0.05) is 18.7 Å². The minimum absolute atomic E-state index is 0.145. The van der Waals surface area contributed by atoms with Gasteiger partial charge in [-0.25, -0.2) is 0 Å². The van der Waals surface area contributed by atoms with Gasteiger partial charge in [-0.05, 0) is 31.2 Å². The third-order valence-corrected chi connectivity index (χ3v) is 4.18. The number of anilines is 2. The Morgan fingerprint density at radius 2 is 2.00 bits per heavy atom. The molecule has 0 spiro atoms. The van der Waals surface area contributed by atoms with Crippen LogP contribution in [0.2, 0.25) is 0 Å². The predicted molar refractivity (Wildman–Crippen MR) is 102 cm³/mol. The molecule has 2 aromatic rings. The van der Waals surface area contributed by atoms with E-state index in [1.54, 1.807) is 41.3 Å². The summed E-state index contributed by atoms with van der Waals surface area (Å²) in [5.74, 6) is 1.13. The summed E-state index contributed by atoms with van der Waals surface area (Å²) < 4.78 is 16.6. The van der Waals surface area contributed by atoms with Crippen LogP contribution in [0.25, 0.3) is 0 Å². The largest absolute Gasteiger partial charge is 0.493 e. The normalized spacial score (nSPS) is 15.4. The number of amides is 2. The Morgan fingerprint density at radius 1 is 1.22 bits per heavy atom. The van der Waals surface area contributed by atoms with Gasteiger partial charge in [-0.1, -0.05) is 12.1 Å². The van der Waals surface area contributed by atoms with Gasteiger partial charge in [0.25, 0.3) is 5.91 Å². The first kappa shape index (κ1) is 18.6. The highest BCUT2D eigenvalue weighted by atomic mass is 16.5. The lowest BCUT2D eigenvalue weighted by Crippen LogP contribution is -2.48. The van der Waals surface area contributed by atoms with Crippen molar-refractivity contribution in [1.29, 1.82) is 0 Å². The lowest BCUT2D eigenvalue weighted by Gasteiger charge is -2.33. The molecule has 1 N–H and O–H groups in total. The minimum atomic E-state index is -0.818. The molecular formula is C20H22N2O5. The number of carbonyl (C=O) groups is 2. The summed E-state index contributed by atoms with van der Waals surface area (Å²) in [7, 11) is 1.54. The van der Waals surface area contributed by atoms with E-state index >= 15 is 0 Å². The fourth-order valence-electron chi connectivity index (χ4n) is 2.91. The Bertz CT molecular complexity index is 852. The quantitative estimate of drug-likeness (QED) is 0.876. The molecule has 2 amide bonds. The number of nitrogens with one attached hydrogen (secondary N) is 1. The van der Waals surface area contributed by atoms with Crippen LogP contribution in [0.1, 0.15) is 13.8 Å². The Kier molecular flexibility index (Phi) is 5.49. The molecule has 3 rings (SSSR count). The summed E-state index contributed by atoms with van der Waals surface area (Å²) in [6, 6.07) is 12.3. The first-order valence-electron chi connectivity index (χ1n) is 8.69. The monoisotopic (exact) mass is 370 g/mol. The van der Waals surface area contributed by atoms with E-state index in [0.717, 1.165) is 0 Å². The molecule has 2 aromatic carbocycles. The molecule has 1 atom stereocenters. The van der Waals surface area contributed by atoms with Crippen molar-refractivity contribution in [3.05, 3.63) is 42.5 Å². The Balaban J connectivity index is 1.78. The third kappa shape index (κ3) is 3.97. The van der Waals surface area contributed by atoms with Gasteiger partial charge in [0.15, 0.2) is 17.6 Å². The van der Waals surface area contributed by atoms with E-state index in [4.69, 9.17) is 14.2 Å². The van der Waals surface area contributed by atoms with Crippen molar-refractivity contribution in [3.63, 3.8) is 0 Å². The van der Waals surface area contributed by atoms with E-state index in [0.29, 0.717) is 35.2 Å². The molecule has 0 aromatic heterocycles. The summed E-state index contributed by atoms with van der Waals surface area (Å²) >= 11 is 0. The Morgan fingerprint density at radius 3 is 2.70 bits per heavy atom. The number of rotatable bonds is 5. The standard InChI is InChI=1S/C20H22N2O5/c1-4-26-17-10-9-14(11-18(17)25-3)21-20(24)19-12-22(13(2)23)15-7-5-6-8-16(15)27-19/h5-11,19H,4,12H2,1-3H3,(H,21,24)/t19-/m0/s1. The Hall–Kier alpha value is -3.22. The molecule has 1 heterocycles. The lowest BCUT2D eigenvalue weighted by molar-refractivity contribution is -0.123. The molecule has 1 aliphatic rings. The highest BCUT2D eigenvalue weighted by Gasteiger charge is 2.32. The SMILES string of the molecule is CCOc1ccc(NC(=O)[C@@H]2CN(C(C)=O)c3ccccc3O2)cc1OC. The van der Waals surface area contributed by atoms with Crippen molar-refractivity contribution in [2.75, 3.05) is 30.5 Å². The first-order valence-corrected chi connectivity index (χ1v) is 8.69. The van der Waals surface area contributed by atoms with Gasteiger partial charge in [-0.15, -0.1) is 0 Å². The van der Waals surface area contributed by atoms with Crippen molar-refractivity contribution in [2.24, 2.45) is 0 Å². The van der Waals surface area contributed by atoms with E-state index in [-0.39, 0.29) is 18.4 Å². The zero-order valence-electron chi connectivity index (χ0n) is 15.5. The maximum absolute atomic E-state index is 12.7. The highest BCUT2D eigenvalue weighted by Crippen LogP contribution is 2.34. The number of hydrogen-bond donors (Lipinski definition) is 1. The molecule has 27 heavy (non-hydrogen) atoms. The number of fused-ring (bicyclic) bond motifs is 1. The molecule has 7 nitrogen and oxygen atoms in total. The van der Waals surface area contributed by atoms with Crippen molar-refractivity contribution >= 4 is 23.2 Å². The van der Waals surface area contributed by atoms with Crippen molar-refractivity contribution < 1.29 is 23.8 Å². The van der Waals surface area contributed by atoms with Gasteiger partial charge in [0.05, 0.1) is 25.9 Å². The van der Waals surface area contributed by atoms with E-state index < -0.39 is 6.10 Å². The lowest BCUT2D eigenvalue weighted by atomic mass is 10.1. The maximum atomic E-state index is 12.7. The zero-order chi connectivity index (χ0) is 19.4. The van der Waals surface area contributed by atoms with Gasteiger partial charge in [-0.3, -0.25) is 9.59 Å². The number of benzene rings is 2. The second-order valence-electron chi connectivity index (χ2n) is 5.99. The van der Waals surface area contributed by atoms with Crippen LogP contribution in [-0.2, 0) is 9.59 Å². The molecule has 0 bridgehead atoms. The van der Waals surface area contributed by atoms with Gasteiger partial charge in [0.2, 0.25) is 5.91 Å². The molecule has 0 radical (unpaired) electrons. The van der Waals surface area contributed by atoms with E-state index in [1.165, 1.54) is 14.0 Å². The van der Waals surface area contributed by atoms with Crippen molar-refractivity contribution in [2.45, 2.75) is 20.0 Å². The molecule has 0 saturated heterocycles. The average molecular weight is 370 g/mol. The van der Waals surface area contributed by atoms with Crippen LogP contribution in [0, 0.1) is 0 Å². The number of hydrogen-bond acceptors (Lipinski definition) is 5. The first-order chi connectivity index (χ1) is 13.0. The number of ether oxygens (including phenoxy) is 3. The van der Waals surface area contributed by atoms with Crippen LogP contribution in [-0.4, -0.2) is 38.2 Å². The summed E-state index contributed by atoms with van der Waals surface area (Å²) in [4.78, 5) is 26.2. The van der Waals surface area contributed by atoms with Crippen molar-refractivity contribution in [3.8, 4) is 17.2 Å². The van der Waals surface area contributed by atoms with Gasteiger partial charge in [0.1, 0.15) is 5.75 Å². The molecule has 142 valence electrons. The highest BCUT2D eigenvalue weighted by molar-refractivity contribution is 5.99. The Labute approximate surface area is 157 Å². The minimum Gasteiger partial charge on any atom is -0.493 e. The van der Waals surface area contributed by atoms with Gasteiger partial charge >= 0.3 is 0 Å². The number of methoxy groups -OCH3 is 1. The van der Waals surface area contributed by atoms with Crippen molar-refractivity contribution in [1.82, 2.24) is 0 Å². The third-order valence-electron chi connectivity index (χ3n) is 4.18. The molecule has 0 unspecified atom stereocenters. The van der Waals surface area contributed by atoms with Crippen LogP contribution in [0.15, 0.2) is 42.5 Å². The fourth-order valence-corrected chi connectivity index (χ4v) is 2.91. The molecule has 7 heteroatoms. The smallest absolute Gasteiger partial charge is 0.267 e. The summed E-state index contributed by atoms with van der Waals surface area (Å²) in [5, 5.41) is 2.81. The van der Waals surface area contributed by atoms with E-state index in [2.05, 4.69) is 5.32 Å². The molecule has 0 aliphatic carbocycles. The molecular weight excluding hydrogens is 348 g/mol. The topological polar surface area (TPSA) is 77.1 Å². The summed E-state index contributed by atoms with van der Waals surface area (Å²) in [5.41, 5.74) is 1.22. The second kappa shape index (κ2) is 7.99. The molecule has 1 aliphatic heterocycles. The van der Waals surface area contributed by atoms with Gasteiger partial charge < -0.3 is 24.4 Å². The molecule has 0 saturated carbocycles. The fraction of sp³-hybridized carbons (Fsp3) is 0.300. The van der Waals surface area contributed by atoms with Gasteiger partial charge in [-0.2, -0.15) is 0 Å². The van der Waals surface area contributed by atoms with E-state index in [9.17, 15) is 9.59 Å². The maximum Gasteiger partial charge on any atom is 0.267 e. The van der Waals surface area contributed by atoms with Crippen LogP contribution in [0.5, 0.6) is 17.2 Å². The average Bonchev–Trinajstić information content (AvgIpc) is 2.68. The predicted octanol–water partition coefficient (Wildman–Crippen LogP) is 2.85. The van der Waals surface area contributed by atoms with Crippen LogP contribution < -0.4 is 24.4 Å². The number of carbonyl (C=O) groups excluding carboxylic acids is 2. The number of para-hydroxylation sites is 2. The van der Waals surface area contributed by atoms with Crippen LogP contribution in [0.4, 0.5) is 11.4 Å². The van der Waals surface area contributed by atoms with E-state index in [1.807, 2.05) is 13.0 Å². The number of nitrogens with zero attached hydrogens (tertiary/aromatic N) is 1. The summed E-state index contributed by atoms with van der Waals surface area (Å²) in [6.07, 6.45) is -0.818. The zero-order valence-corrected chi connectivity index (χ0v) is 15.5. The molecule has 0 fully saturated rings.